The number of rotatable bonds is 5. The Morgan fingerprint density at radius 3 is 2.96 bits per heavy atom. The van der Waals surface area contributed by atoms with Crippen LogP contribution in [0.4, 0.5) is 0 Å². The first-order valence-corrected chi connectivity index (χ1v) is 7.92. The molecule has 0 saturated carbocycles. The van der Waals surface area contributed by atoms with Crippen LogP contribution in [0.1, 0.15) is 37.0 Å². The van der Waals surface area contributed by atoms with Crippen LogP contribution in [0.5, 0.6) is 0 Å². The lowest BCUT2D eigenvalue weighted by molar-refractivity contribution is -0.139. The van der Waals surface area contributed by atoms with Gasteiger partial charge in [0.05, 0.1) is 5.56 Å². The number of aromatic nitrogens is 1. The molecule has 1 aliphatic heterocycles. The first kappa shape index (κ1) is 18.0. The third kappa shape index (κ3) is 3.96. The van der Waals surface area contributed by atoms with Gasteiger partial charge < -0.3 is 14.2 Å². The zero-order chi connectivity index (χ0) is 17.7. The molecule has 7 heteroatoms. The number of nitrogens with zero attached hydrogens (tertiary/aromatic N) is 2. The van der Waals surface area contributed by atoms with Crippen molar-refractivity contribution in [1.82, 2.24) is 14.8 Å². The Morgan fingerprint density at radius 1 is 1.58 bits per heavy atom. The largest absolute Gasteiger partial charge is 0.449 e. The highest BCUT2D eigenvalue weighted by molar-refractivity contribution is 5.89. The predicted molar refractivity (Wildman–Crippen MR) is 89.7 cm³/mol. The summed E-state index contributed by atoms with van der Waals surface area (Å²) in [5.41, 5.74) is 6.02. The molecule has 0 spiro atoms. The van der Waals surface area contributed by atoms with E-state index in [1.54, 1.807) is 32.4 Å². The number of ether oxygens (including phenoxy) is 1. The Hall–Kier alpha value is -2.30. The van der Waals surface area contributed by atoms with E-state index in [-0.39, 0.29) is 12.5 Å². The highest BCUT2D eigenvalue weighted by Gasteiger charge is 2.40. The maximum atomic E-state index is 12.1. The van der Waals surface area contributed by atoms with Crippen molar-refractivity contribution in [2.24, 2.45) is 5.73 Å². The van der Waals surface area contributed by atoms with Crippen LogP contribution in [0.15, 0.2) is 18.5 Å². The first-order valence-electron chi connectivity index (χ1n) is 7.92. The van der Waals surface area contributed by atoms with Crippen LogP contribution >= 0.6 is 0 Å². The van der Waals surface area contributed by atoms with E-state index in [9.17, 15) is 9.59 Å². The van der Waals surface area contributed by atoms with Crippen molar-refractivity contribution in [3.05, 3.63) is 24.0 Å². The van der Waals surface area contributed by atoms with Crippen LogP contribution in [-0.2, 0) is 16.1 Å². The van der Waals surface area contributed by atoms with Gasteiger partial charge in [-0.15, -0.1) is 5.92 Å². The Kier molecular flexibility index (Phi) is 5.65. The van der Waals surface area contributed by atoms with Gasteiger partial charge in [-0.05, 0) is 19.4 Å². The fourth-order valence-corrected chi connectivity index (χ4v) is 2.74. The molecule has 1 aliphatic rings. The summed E-state index contributed by atoms with van der Waals surface area (Å²) in [5, 5.41) is 3.32. The topological polar surface area (TPSA) is 89.6 Å². The smallest absolute Gasteiger partial charge is 0.340 e. The van der Waals surface area contributed by atoms with Crippen molar-refractivity contribution in [3.8, 4) is 11.8 Å². The van der Waals surface area contributed by atoms with Crippen LogP contribution in [0, 0.1) is 11.8 Å². The van der Waals surface area contributed by atoms with Gasteiger partial charge in [-0.3, -0.25) is 15.8 Å². The zero-order valence-electron chi connectivity index (χ0n) is 14.3. The van der Waals surface area contributed by atoms with Gasteiger partial charge in [0.25, 0.3) is 0 Å². The number of hydrogen-bond donors (Lipinski definition) is 2. The summed E-state index contributed by atoms with van der Waals surface area (Å²) >= 11 is 0. The fourth-order valence-electron chi connectivity index (χ4n) is 2.74. The molecule has 7 nitrogen and oxygen atoms in total. The molecule has 0 bridgehead atoms. The molecular formula is C17H24N4O3. The summed E-state index contributed by atoms with van der Waals surface area (Å²) in [7, 11) is 1.68. The van der Waals surface area contributed by atoms with Crippen LogP contribution in [0.2, 0.25) is 0 Å². The lowest BCUT2D eigenvalue weighted by atomic mass is 9.89. The molecule has 1 aromatic heterocycles. The summed E-state index contributed by atoms with van der Waals surface area (Å²) in [4.78, 5) is 25.6. The van der Waals surface area contributed by atoms with Gasteiger partial charge in [-0.1, -0.05) is 12.8 Å². The molecule has 0 aromatic carbocycles. The minimum Gasteiger partial charge on any atom is -0.449 e. The van der Waals surface area contributed by atoms with E-state index in [4.69, 9.17) is 10.5 Å². The van der Waals surface area contributed by atoms with Crippen molar-refractivity contribution in [2.45, 2.75) is 45.1 Å². The van der Waals surface area contributed by atoms with E-state index in [0.29, 0.717) is 18.5 Å². The third-order valence-corrected chi connectivity index (χ3v) is 4.35. The van der Waals surface area contributed by atoms with Gasteiger partial charge in [0, 0.05) is 37.9 Å². The summed E-state index contributed by atoms with van der Waals surface area (Å²) in [6.45, 7) is 4.32. The molecular weight excluding hydrogens is 308 g/mol. The lowest BCUT2D eigenvalue weighted by Crippen LogP contribution is -2.68. The van der Waals surface area contributed by atoms with E-state index in [2.05, 4.69) is 17.2 Å². The Morgan fingerprint density at radius 2 is 2.33 bits per heavy atom. The molecule has 2 rings (SSSR count). The number of amides is 1. The number of hydrogen-bond acceptors (Lipinski definition) is 5. The molecule has 1 fully saturated rings. The monoisotopic (exact) mass is 332 g/mol. The average Bonchev–Trinajstić information content (AvgIpc) is 3.01. The van der Waals surface area contributed by atoms with E-state index in [1.807, 2.05) is 11.5 Å². The van der Waals surface area contributed by atoms with Crippen molar-refractivity contribution >= 4 is 11.9 Å². The van der Waals surface area contributed by atoms with Gasteiger partial charge in [-0.2, -0.15) is 0 Å². The number of nitrogens with one attached hydrogen (secondary N) is 1. The van der Waals surface area contributed by atoms with Crippen LogP contribution in [0.3, 0.4) is 0 Å². The maximum Gasteiger partial charge on any atom is 0.340 e. The molecule has 1 amide bonds. The average molecular weight is 332 g/mol. The fraction of sp³-hybridized carbons (Fsp3) is 0.529. The predicted octanol–water partition coefficient (Wildman–Crippen LogP) is 0.511. The molecule has 2 heterocycles. The Bertz CT molecular complexity index is 673. The second kappa shape index (κ2) is 7.51. The quantitative estimate of drug-likeness (QED) is 0.606. The standard InChI is InChI=1S/C17H24N4O3/c1-4-6-9-24-15(23)13-7-8-21(11-13)12-17(5-2)10-14(22)20(3)16(18)19-17/h7-8,11,16,19H,5,9-10,12,18H2,1-3H3/t16?,17-/m1/s1. The molecule has 0 aliphatic carbocycles. The van der Waals surface area contributed by atoms with Gasteiger partial charge in [0.15, 0.2) is 6.61 Å². The SMILES string of the molecule is CC#CCOC(=O)c1ccn(C[C@@]2(CC)CC(=O)N(C)C(N)N2)c1. The van der Waals surface area contributed by atoms with E-state index in [1.165, 1.54) is 4.90 Å². The number of carbonyl (C=O) groups excluding carboxylic acids is 2. The second-order valence-electron chi connectivity index (χ2n) is 5.98. The van der Waals surface area contributed by atoms with E-state index >= 15 is 0 Å². The summed E-state index contributed by atoms with van der Waals surface area (Å²) in [5.74, 6) is 4.95. The summed E-state index contributed by atoms with van der Waals surface area (Å²) in [6.07, 6.45) is 4.10. The molecule has 2 atom stereocenters. The van der Waals surface area contributed by atoms with E-state index in [0.717, 1.165) is 6.42 Å². The van der Waals surface area contributed by atoms with Crippen molar-refractivity contribution in [1.29, 1.82) is 0 Å². The van der Waals surface area contributed by atoms with Crippen molar-refractivity contribution < 1.29 is 14.3 Å². The molecule has 1 unspecified atom stereocenters. The van der Waals surface area contributed by atoms with Gasteiger partial charge in [-0.25, -0.2) is 4.79 Å². The highest BCUT2D eigenvalue weighted by Crippen LogP contribution is 2.24. The van der Waals surface area contributed by atoms with Crippen LogP contribution in [-0.4, -0.2) is 46.8 Å². The number of carbonyl (C=O) groups is 2. The van der Waals surface area contributed by atoms with Gasteiger partial charge >= 0.3 is 5.97 Å². The first-order chi connectivity index (χ1) is 11.4. The number of esters is 1. The summed E-state index contributed by atoms with van der Waals surface area (Å²) < 4.78 is 6.93. The third-order valence-electron chi connectivity index (χ3n) is 4.35. The lowest BCUT2D eigenvalue weighted by Gasteiger charge is -2.44. The Labute approximate surface area is 142 Å². The highest BCUT2D eigenvalue weighted by atomic mass is 16.5. The van der Waals surface area contributed by atoms with Gasteiger partial charge in [0.2, 0.25) is 5.91 Å². The molecule has 1 saturated heterocycles. The van der Waals surface area contributed by atoms with E-state index < -0.39 is 17.8 Å². The molecule has 24 heavy (non-hydrogen) atoms. The maximum absolute atomic E-state index is 12.1. The summed E-state index contributed by atoms with van der Waals surface area (Å²) in [6, 6.07) is 1.70. The van der Waals surface area contributed by atoms with Crippen molar-refractivity contribution in [3.63, 3.8) is 0 Å². The minimum absolute atomic E-state index is 0.00743. The van der Waals surface area contributed by atoms with Gasteiger partial charge in [0.1, 0.15) is 6.29 Å². The normalized spacial score (nSPS) is 23.6. The van der Waals surface area contributed by atoms with Crippen molar-refractivity contribution in [2.75, 3.05) is 13.7 Å². The Balaban J connectivity index is 2.08. The molecule has 0 radical (unpaired) electrons. The minimum atomic E-state index is -0.515. The molecule has 130 valence electrons. The van der Waals surface area contributed by atoms with Crippen LogP contribution in [0.25, 0.3) is 0 Å². The molecule has 3 N–H and O–H groups in total. The number of nitrogens with two attached hydrogens (primary N) is 1. The van der Waals surface area contributed by atoms with Crippen LogP contribution < -0.4 is 11.1 Å². The molecule has 1 aromatic rings. The second-order valence-corrected chi connectivity index (χ2v) is 5.98. The zero-order valence-corrected chi connectivity index (χ0v) is 14.3.